The third-order valence-electron chi connectivity index (χ3n) is 3.59. The van der Waals surface area contributed by atoms with Crippen molar-refractivity contribution in [2.24, 2.45) is 5.41 Å². The summed E-state index contributed by atoms with van der Waals surface area (Å²) in [6, 6.07) is 4.93. The maximum absolute atomic E-state index is 12.3. The molecule has 0 heterocycles. The van der Waals surface area contributed by atoms with Crippen molar-refractivity contribution in [1.82, 2.24) is 0 Å². The summed E-state index contributed by atoms with van der Waals surface area (Å²) in [4.78, 5) is 12.3. The van der Waals surface area contributed by atoms with Crippen LogP contribution in [0.5, 0.6) is 5.75 Å². The predicted molar refractivity (Wildman–Crippen MR) is 75.1 cm³/mol. The molecule has 0 bridgehead atoms. The van der Waals surface area contributed by atoms with E-state index < -0.39 is 0 Å². The van der Waals surface area contributed by atoms with Crippen LogP contribution in [0.4, 0.5) is 0 Å². The van der Waals surface area contributed by atoms with E-state index in [0.717, 1.165) is 11.1 Å². The molecule has 0 spiro atoms. The van der Waals surface area contributed by atoms with Gasteiger partial charge in [0.2, 0.25) is 0 Å². The molecule has 19 heavy (non-hydrogen) atoms. The molecule has 0 unspecified atom stereocenters. The molecular formula is C16H20O3. The van der Waals surface area contributed by atoms with E-state index in [2.05, 4.69) is 0 Å². The maximum Gasteiger partial charge on any atom is 0.167 e. The Bertz CT molecular complexity index is 553. The second kappa shape index (κ2) is 4.72. The van der Waals surface area contributed by atoms with Gasteiger partial charge in [-0.05, 0) is 35.1 Å². The summed E-state index contributed by atoms with van der Waals surface area (Å²) in [5, 5.41) is 19.7. The third-order valence-corrected chi connectivity index (χ3v) is 3.59. The molecule has 0 aliphatic heterocycles. The molecule has 0 aromatic heterocycles. The lowest BCUT2D eigenvalue weighted by Crippen LogP contribution is -2.25. The minimum absolute atomic E-state index is 0.0193. The van der Waals surface area contributed by atoms with Crippen LogP contribution < -0.4 is 0 Å². The molecule has 0 saturated heterocycles. The van der Waals surface area contributed by atoms with Crippen LogP contribution in [0, 0.1) is 5.41 Å². The smallest absolute Gasteiger partial charge is 0.167 e. The largest absolute Gasteiger partial charge is 0.512 e. The Kier molecular flexibility index (Phi) is 3.40. The predicted octanol–water partition coefficient (Wildman–Crippen LogP) is 3.61. The fraction of sp³-hybridized carbons (Fsp3) is 0.438. The van der Waals surface area contributed by atoms with Crippen molar-refractivity contribution in [2.75, 3.05) is 0 Å². The second-order valence-electron chi connectivity index (χ2n) is 5.96. The van der Waals surface area contributed by atoms with E-state index in [1.54, 1.807) is 18.2 Å². The normalized spacial score (nSPS) is 18.8. The average Bonchev–Trinajstić information content (AvgIpc) is 2.28. The summed E-state index contributed by atoms with van der Waals surface area (Å²) in [6.45, 7) is 5.93. The van der Waals surface area contributed by atoms with Crippen molar-refractivity contribution in [3.05, 3.63) is 35.1 Å². The number of rotatable bonds is 2. The number of aromatic hydroxyl groups is 1. The number of allylic oxidation sites excluding steroid dienone is 2. The summed E-state index contributed by atoms with van der Waals surface area (Å²) >= 11 is 0. The van der Waals surface area contributed by atoms with E-state index in [-0.39, 0.29) is 22.7 Å². The Labute approximate surface area is 113 Å². The van der Waals surface area contributed by atoms with Crippen LogP contribution in [0.1, 0.15) is 44.7 Å². The van der Waals surface area contributed by atoms with Gasteiger partial charge in [0, 0.05) is 12.8 Å². The first-order valence-corrected chi connectivity index (χ1v) is 6.61. The number of aliphatic hydroxyl groups excluding tert-OH is 1. The molecule has 0 radical (unpaired) electrons. The molecule has 3 heteroatoms. The van der Waals surface area contributed by atoms with Crippen molar-refractivity contribution in [3.8, 4) is 5.75 Å². The van der Waals surface area contributed by atoms with Gasteiger partial charge in [-0.2, -0.15) is 0 Å². The van der Waals surface area contributed by atoms with Gasteiger partial charge in [0.1, 0.15) is 11.5 Å². The minimum atomic E-state index is -0.187. The molecule has 1 aromatic rings. The van der Waals surface area contributed by atoms with E-state index >= 15 is 0 Å². The van der Waals surface area contributed by atoms with Crippen LogP contribution in [0.2, 0.25) is 0 Å². The molecule has 0 fully saturated rings. The Balaban J connectivity index is 2.55. The molecule has 0 atom stereocenters. The molecule has 3 nitrogen and oxygen atoms in total. The SMILES string of the molecule is CCc1cc(O)ccc1C1=C(O)CC(C)(C)CC1=O. The zero-order valence-corrected chi connectivity index (χ0v) is 11.7. The highest BCUT2D eigenvalue weighted by Gasteiger charge is 2.34. The fourth-order valence-corrected chi connectivity index (χ4v) is 2.71. The summed E-state index contributed by atoms with van der Waals surface area (Å²) < 4.78 is 0. The monoisotopic (exact) mass is 260 g/mol. The highest BCUT2D eigenvalue weighted by Crippen LogP contribution is 2.40. The Morgan fingerprint density at radius 2 is 1.89 bits per heavy atom. The standard InChI is InChI=1S/C16H20O3/c1-4-10-7-11(17)5-6-12(10)15-13(18)8-16(2,3)9-14(15)19/h5-7,17-18H,4,8-9H2,1-3H3. The van der Waals surface area contributed by atoms with E-state index in [9.17, 15) is 15.0 Å². The van der Waals surface area contributed by atoms with Gasteiger partial charge in [0.25, 0.3) is 0 Å². The van der Waals surface area contributed by atoms with E-state index in [1.807, 2.05) is 20.8 Å². The van der Waals surface area contributed by atoms with Crippen LogP contribution in [-0.2, 0) is 11.2 Å². The summed E-state index contributed by atoms with van der Waals surface area (Å²) in [6.07, 6.45) is 1.66. The van der Waals surface area contributed by atoms with Crippen molar-refractivity contribution in [2.45, 2.75) is 40.0 Å². The van der Waals surface area contributed by atoms with Gasteiger partial charge in [-0.25, -0.2) is 0 Å². The second-order valence-corrected chi connectivity index (χ2v) is 5.96. The first-order chi connectivity index (χ1) is 8.84. The number of phenolic OH excluding ortho intramolecular Hbond substituents is 1. The van der Waals surface area contributed by atoms with Gasteiger partial charge in [-0.1, -0.05) is 26.8 Å². The molecule has 1 aliphatic carbocycles. The lowest BCUT2D eigenvalue weighted by Gasteiger charge is -2.30. The third kappa shape index (κ3) is 2.65. The van der Waals surface area contributed by atoms with Crippen molar-refractivity contribution < 1.29 is 15.0 Å². The lowest BCUT2D eigenvalue weighted by molar-refractivity contribution is -0.116. The van der Waals surface area contributed by atoms with Crippen molar-refractivity contribution in [1.29, 1.82) is 0 Å². The van der Waals surface area contributed by atoms with Gasteiger partial charge in [0.05, 0.1) is 5.57 Å². The molecule has 0 saturated carbocycles. The molecule has 1 aliphatic rings. The van der Waals surface area contributed by atoms with Gasteiger partial charge in [0.15, 0.2) is 5.78 Å². The van der Waals surface area contributed by atoms with Crippen LogP contribution in [-0.4, -0.2) is 16.0 Å². The number of hydrogen-bond acceptors (Lipinski definition) is 3. The first kappa shape index (κ1) is 13.7. The Hall–Kier alpha value is -1.77. The summed E-state index contributed by atoms with van der Waals surface area (Å²) in [7, 11) is 0. The topological polar surface area (TPSA) is 57.5 Å². The number of phenols is 1. The highest BCUT2D eigenvalue weighted by atomic mass is 16.3. The Morgan fingerprint density at radius 1 is 1.21 bits per heavy atom. The molecule has 1 aromatic carbocycles. The van der Waals surface area contributed by atoms with E-state index in [0.29, 0.717) is 24.8 Å². The number of carbonyl (C=O) groups is 1. The summed E-state index contributed by atoms with van der Waals surface area (Å²) in [5.41, 5.74) is 1.87. The number of aliphatic hydroxyl groups is 1. The van der Waals surface area contributed by atoms with Gasteiger partial charge >= 0.3 is 0 Å². The van der Waals surface area contributed by atoms with Crippen LogP contribution >= 0.6 is 0 Å². The molecule has 102 valence electrons. The van der Waals surface area contributed by atoms with Crippen molar-refractivity contribution in [3.63, 3.8) is 0 Å². The number of carbonyl (C=O) groups excluding carboxylic acids is 1. The van der Waals surface area contributed by atoms with Crippen LogP contribution in [0.15, 0.2) is 24.0 Å². The number of aryl methyl sites for hydroxylation is 1. The van der Waals surface area contributed by atoms with Crippen molar-refractivity contribution >= 4 is 11.4 Å². The first-order valence-electron chi connectivity index (χ1n) is 6.61. The molecule has 0 amide bonds. The number of hydrogen-bond donors (Lipinski definition) is 2. The molecular weight excluding hydrogens is 240 g/mol. The number of Topliss-reactive ketones (excluding diaryl/α,β-unsaturated/α-hetero) is 1. The average molecular weight is 260 g/mol. The number of ketones is 1. The molecule has 2 rings (SSSR count). The highest BCUT2D eigenvalue weighted by molar-refractivity contribution is 6.22. The minimum Gasteiger partial charge on any atom is -0.512 e. The van der Waals surface area contributed by atoms with Gasteiger partial charge in [-0.3, -0.25) is 4.79 Å². The van der Waals surface area contributed by atoms with Gasteiger partial charge < -0.3 is 10.2 Å². The van der Waals surface area contributed by atoms with Crippen LogP contribution in [0.3, 0.4) is 0 Å². The quantitative estimate of drug-likeness (QED) is 0.854. The Morgan fingerprint density at radius 3 is 2.47 bits per heavy atom. The fourth-order valence-electron chi connectivity index (χ4n) is 2.71. The van der Waals surface area contributed by atoms with Crippen LogP contribution in [0.25, 0.3) is 5.57 Å². The maximum atomic E-state index is 12.3. The van der Waals surface area contributed by atoms with E-state index in [4.69, 9.17) is 0 Å². The summed E-state index contributed by atoms with van der Waals surface area (Å²) in [5.74, 6) is 0.333. The zero-order chi connectivity index (χ0) is 14.2. The number of benzene rings is 1. The zero-order valence-electron chi connectivity index (χ0n) is 11.7. The lowest BCUT2D eigenvalue weighted by atomic mass is 9.74. The molecule has 2 N–H and O–H groups in total. The van der Waals surface area contributed by atoms with Gasteiger partial charge in [-0.15, -0.1) is 0 Å². The van der Waals surface area contributed by atoms with E-state index in [1.165, 1.54) is 0 Å².